The van der Waals surface area contributed by atoms with Crippen LogP contribution in [0.1, 0.15) is 27.3 Å². The first-order chi connectivity index (χ1) is 9.88. The van der Waals surface area contributed by atoms with E-state index in [4.69, 9.17) is 5.11 Å². The van der Waals surface area contributed by atoms with E-state index in [0.29, 0.717) is 18.5 Å². The molecule has 2 heterocycles. The highest BCUT2D eigenvalue weighted by Crippen LogP contribution is 2.21. The van der Waals surface area contributed by atoms with Crippen LogP contribution in [0, 0.1) is 0 Å². The lowest BCUT2D eigenvalue weighted by Crippen LogP contribution is -2.41. The number of aliphatic hydroxyl groups excluding tert-OH is 1. The molecule has 21 heavy (non-hydrogen) atoms. The minimum absolute atomic E-state index is 0.0540. The summed E-state index contributed by atoms with van der Waals surface area (Å²) in [7, 11) is 3.83. The van der Waals surface area contributed by atoms with E-state index in [1.807, 2.05) is 19.0 Å². The molecule has 0 spiro atoms. The number of hydrogen-bond acceptors (Lipinski definition) is 5. The lowest BCUT2D eigenvalue weighted by molar-refractivity contribution is 0.0679. The normalized spacial score (nSPS) is 21.8. The van der Waals surface area contributed by atoms with Gasteiger partial charge in [0.2, 0.25) is 0 Å². The number of aromatic carboxylic acids is 1. The van der Waals surface area contributed by atoms with E-state index < -0.39 is 12.1 Å². The molecule has 0 saturated carbocycles. The van der Waals surface area contributed by atoms with Gasteiger partial charge >= 0.3 is 5.97 Å². The molecule has 0 bridgehead atoms. The molecule has 1 aromatic rings. The maximum absolute atomic E-state index is 12.5. The van der Waals surface area contributed by atoms with Gasteiger partial charge in [0.05, 0.1) is 11.7 Å². The first-order valence-electron chi connectivity index (χ1n) is 6.71. The van der Waals surface area contributed by atoms with Gasteiger partial charge in [0.1, 0.15) is 5.69 Å². The molecular weight excluding hydrogens is 274 g/mol. The smallest absolute Gasteiger partial charge is 0.354 e. The average Bonchev–Trinajstić information content (AvgIpc) is 2.78. The summed E-state index contributed by atoms with van der Waals surface area (Å²) in [6.45, 7) is 0.960. The second kappa shape index (κ2) is 6.19. The number of β-amino-alcohol motifs (C(OH)–C–C–N with tert-alkyl or cyclic N) is 1. The Morgan fingerprint density at radius 1 is 1.43 bits per heavy atom. The van der Waals surface area contributed by atoms with Gasteiger partial charge in [-0.2, -0.15) is 0 Å². The van der Waals surface area contributed by atoms with Crippen molar-refractivity contribution in [1.82, 2.24) is 14.8 Å². The summed E-state index contributed by atoms with van der Waals surface area (Å²) >= 11 is 0. The van der Waals surface area contributed by atoms with Crippen LogP contribution in [0.25, 0.3) is 0 Å². The van der Waals surface area contributed by atoms with E-state index in [0.717, 1.165) is 0 Å². The number of amides is 1. The third kappa shape index (κ3) is 3.56. The van der Waals surface area contributed by atoms with E-state index in [2.05, 4.69) is 4.98 Å². The van der Waals surface area contributed by atoms with Gasteiger partial charge < -0.3 is 20.0 Å². The third-order valence-electron chi connectivity index (χ3n) is 3.46. The molecule has 2 N–H and O–H groups in total. The molecule has 2 rings (SSSR count). The number of likely N-dealkylation sites (N-methyl/N-ethyl adjacent to an activating group) is 1. The van der Waals surface area contributed by atoms with E-state index in [1.165, 1.54) is 18.3 Å². The van der Waals surface area contributed by atoms with Crippen LogP contribution in [0.2, 0.25) is 0 Å². The zero-order valence-electron chi connectivity index (χ0n) is 12.1. The standard InChI is InChI=1S/C14H19N3O4/c1-16(2)7-10-5-11(18)8-17(10)13(19)9-3-4-12(14(20)21)15-6-9/h3-4,6,10-11,18H,5,7-8H2,1-2H3,(H,20,21). The van der Waals surface area contributed by atoms with Crippen molar-refractivity contribution < 1.29 is 19.8 Å². The quantitative estimate of drug-likeness (QED) is 0.806. The number of hydrogen-bond donors (Lipinski definition) is 2. The number of likely N-dealkylation sites (tertiary alicyclic amines) is 1. The third-order valence-corrected chi connectivity index (χ3v) is 3.46. The Bertz CT molecular complexity index is 530. The Balaban J connectivity index is 2.15. The summed E-state index contributed by atoms with van der Waals surface area (Å²) in [5, 5.41) is 18.6. The van der Waals surface area contributed by atoms with Crippen LogP contribution >= 0.6 is 0 Å². The Kier molecular flexibility index (Phi) is 4.54. The zero-order valence-corrected chi connectivity index (χ0v) is 12.1. The van der Waals surface area contributed by atoms with Gasteiger partial charge in [0, 0.05) is 25.3 Å². The van der Waals surface area contributed by atoms with Crippen molar-refractivity contribution in [3.05, 3.63) is 29.6 Å². The Morgan fingerprint density at radius 3 is 2.67 bits per heavy atom. The van der Waals surface area contributed by atoms with Gasteiger partial charge in [-0.05, 0) is 32.6 Å². The number of aliphatic hydroxyl groups is 1. The molecule has 1 aliphatic heterocycles. The van der Waals surface area contributed by atoms with Gasteiger partial charge in [-0.15, -0.1) is 0 Å². The van der Waals surface area contributed by atoms with Crippen LogP contribution < -0.4 is 0 Å². The van der Waals surface area contributed by atoms with Gasteiger partial charge in [0.25, 0.3) is 5.91 Å². The van der Waals surface area contributed by atoms with Crippen molar-refractivity contribution in [2.75, 3.05) is 27.2 Å². The summed E-state index contributed by atoms with van der Waals surface area (Å²) in [6.07, 6.45) is 1.29. The van der Waals surface area contributed by atoms with Crippen LogP contribution in [0.4, 0.5) is 0 Å². The highest BCUT2D eigenvalue weighted by Gasteiger charge is 2.35. The lowest BCUT2D eigenvalue weighted by atomic mass is 10.1. The maximum Gasteiger partial charge on any atom is 0.354 e. The molecular formula is C14H19N3O4. The zero-order chi connectivity index (χ0) is 15.6. The van der Waals surface area contributed by atoms with Gasteiger partial charge in [-0.25, -0.2) is 9.78 Å². The van der Waals surface area contributed by atoms with Gasteiger partial charge in [-0.3, -0.25) is 4.79 Å². The van der Waals surface area contributed by atoms with E-state index in [-0.39, 0.29) is 24.2 Å². The van der Waals surface area contributed by atoms with Gasteiger partial charge in [0.15, 0.2) is 0 Å². The number of pyridine rings is 1. The highest BCUT2D eigenvalue weighted by atomic mass is 16.4. The number of nitrogens with zero attached hydrogens (tertiary/aromatic N) is 3. The van der Waals surface area contributed by atoms with Crippen molar-refractivity contribution in [3.8, 4) is 0 Å². The van der Waals surface area contributed by atoms with Crippen LogP contribution in [-0.2, 0) is 0 Å². The second-order valence-corrected chi connectivity index (χ2v) is 5.50. The molecule has 1 saturated heterocycles. The molecule has 1 aromatic heterocycles. The molecule has 0 aliphatic carbocycles. The number of carbonyl (C=O) groups excluding carboxylic acids is 1. The molecule has 0 radical (unpaired) electrons. The Labute approximate surface area is 122 Å². The predicted molar refractivity (Wildman–Crippen MR) is 75.2 cm³/mol. The molecule has 7 nitrogen and oxygen atoms in total. The predicted octanol–water partition coefficient (Wildman–Crippen LogP) is -0.0832. The molecule has 1 aliphatic rings. The Hall–Kier alpha value is -1.99. The molecule has 7 heteroatoms. The number of carbonyl (C=O) groups is 2. The second-order valence-electron chi connectivity index (χ2n) is 5.50. The monoisotopic (exact) mass is 293 g/mol. The summed E-state index contributed by atoms with van der Waals surface area (Å²) in [4.78, 5) is 30.6. The van der Waals surface area contributed by atoms with Crippen LogP contribution in [-0.4, -0.2) is 76.2 Å². The van der Waals surface area contributed by atoms with Crippen molar-refractivity contribution in [2.24, 2.45) is 0 Å². The van der Waals surface area contributed by atoms with E-state index >= 15 is 0 Å². The van der Waals surface area contributed by atoms with E-state index in [1.54, 1.807) is 4.90 Å². The Morgan fingerprint density at radius 2 is 2.14 bits per heavy atom. The molecule has 114 valence electrons. The number of carboxylic acids is 1. The average molecular weight is 293 g/mol. The lowest BCUT2D eigenvalue weighted by Gasteiger charge is -2.26. The minimum Gasteiger partial charge on any atom is -0.477 e. The topological polar surface area (TPSA) is 94.0 Å². The largest absolute Gasteiger partial charge is 0.477 e. The first-order valence-corrected chi connectivity index (χ1v) is 6.71. The molecule has 2 unspecified atom stereocenters. The molecule has 1 amide bonds. The molecule has 2 atom stereocenters. The van der Waals surface area contributed by atoms with Gasteiger partial charge in [-0.1, -0.05) is 0 Å². The SMILES string of the molecule is CN(C)CC1CC(O)CN1C(=O)c1ccc(C(=O)O)nc1. The van der Waals surface area contributed by atoms with Crippen molar-refractivity contribution in [3.63, 3.8) is 0 Å². The number of carboxylic acid groups (broad SMARTS) is 1. The summed E-state index contributed by atoms with van der Waals surface area (Å²) in [5.74, 6) is -1.36. The number of rotatable bonds is 4. The van der Waals surface area contributed by atoms with Crippen molar-refractivity contribution in [1.29, 1.82) is 0 Å². The fraction of sp³-hybridized carbons (Fsp3) is 0.500. The molecule has 1 fully saturated rings. The van der Waals surface area contributed by atoms with Crippen molar-refractivity contribution >= 4 is 11.9 Å². The fourth-order valence-electron chi connectivity index (χ4n) is 2.55. The first kappa shape index (κ1) is 15.4. The number of aromatic nitrogens is 1. The summed E-state index contributed by atoms with van der Waals surface area (Å²) in [5.41, 5.74) is 0.232. The fourth-order valence-corrected chi connectivity index (χ4v) is 2.55. The summed E-state index contributed by atoms with van der Waals surface area (Å²) in [6, 6.07) is 2.71. The minimum atomic E-state index is -1.13. The molecule has 0 aromatic carbocycles. The maximum atomic E-state index is 12.5. The van der Waals surface area contributed by atoms with Crippen LogP contribution in [0.5, 0.6) is 0 Å². The van der Waals surface area contributed by atoms with E-state index in [9.17, 15) is 14.7 Å². The highest BCUT2D eigenvalue weighted by molar-refractivity contribution is 5.95. The summed E-state index contributed by atoms with van der Waals surface area (Å²) < 4.78 is 0. The van der Waals surface area contributed by atoms with Crippen LogP contribution in [0.15, 0.2) is 18.3 Å². The van der Waals surface area contributed by atoms with Crippen LogP contribution in [0.3, 0.4) is 0 Å². The van der Waals surface area contributed by atoms with Crippen molar-refractivity contribution in [2.45, 2.75) is 18.6 Å².